The van der Waals surface area contributed by atoms with Crippen molar-refractivity contribution in [2.45, 2.75) is 26.8 Å². The van der Waals surface area contributed by atoms with E-state index in [4.69, 9.17) is 18.0 Å². The molecule has 0 radical (unpaired) electrons. The Bertz CT molecular complexity index is 601. The minimum absolute atomic E-state index is 0.287. The van der Waals surface area contributed by atoms with Gasteiger partial charge in [0.05, 0.1) is 11.9 Å². The predicted octanol–water partition coefficient (Wildman–Crippen LogP) is 3.15. The molecular weight excluding hydrogens is 256 g/mol. The molecule has 2 rings (SSSR count). The van der Waals surface area contributed by atoms with E-state index in [1.807, 2.05) is 35.9 Å². The number of para-hydroxylation sites is 1. The summed E-state index contributed by atoms with van der Waals surface area (Å²) >= 11 is 5.10. The van der Waals surface area contributed by atoms with Crippen LogP contribution in [0.1, 0.15) is 31.0 Å². The summed E-state index contributed by atoms with van der Waals surface area (Å²) in [6.45, 7) is 6.20. The first-order chi connectivity index (χ1) is 9.00. The van der Waals surface area contributed by atoms with Gasteiger partial charge in [0.1, 0.15) is 10.8 Å². The quantitative estimate of drug-likeness (QED) is 0.841. The second kappa shape index (κ2) is 5.40. The third kappa shape index (κ3) is 2.76. The minimum atomic E-state index is 0.287. The first-order valence-electron chi connectivity index (χ1n) is 6.20. The molecule has 0 amide bonds. The number of nitrogens with zero attached hydrogens (tertiary/aromatic N) is 2. The van der Waals surface area contributed by atoms with Gasteiger partial charge in [-0.1, -0.05) is 24.4 Å². The summed E-state index contributed by atoms with van der Waals surface area (Å²) in [6, 6.07) is 8.13. The Morgan fingerprint density at radius 2 is 2.11 bits per heavy atom. The lowest BCUT2D eigenvalue weighted by atomic mass is 10.1. The lowest BCUT2D eigenvalue weighted by molar-refractivity contribution is 0.540. The fourth-order valence-electron chi connectivity index (χ4n) is 1.99. The molecule has 0 saturated carbocycles. The van der Waals surface area contributed by atoms with Gasteiger partial charge in [-0.3, -0.25) is 0 Å². The number of anilines is 2. The van der Waals surface area contributed by atoms with Crippen molar-refractivity contribution in [2.24, 2.45) is 5.73 Å². The van der Waals surface area contributed by atoms with Crippen LogP contribution in [0.15, 0.2) is 30.5 Å². The van der Waals surface area contributed by atoms with Gasteiger partial charge in [0, 0.05) is 17.7 Å². The molecule has 0 aliphatic rings. The van der Waals surface area contributed by atoms with E-state index in [-0.39, 0.29) is 6.04 Å². The zero-order valence-corrected chi connectivity index (χ0v) is 12.2. The average Bonchev–Trinajstić information content (AvgIpc) is 2.79. The van der Waals surface area contributed by atoms with Crippen molar-refractivity contribution in [3.63, 3.8) is 0 Å². The molecule has 3 N–H and O–H groups in total. The highest BCUT2D eigenvalue weighted by Gasteiger charge is 2.11. The van der Waals surface area contributed by atoms with Crippen LogP contribution in [0.3, 0.4) is 0 Å². The van der Waals surface area contributed by atoms with Gasteiger partial charge in [-0.05, 0) is 32.4 Å². The molecule has 2 aromatic rings. The topological polar surface area (TPSA) is 55.9 Å². The van der Waals surface area contributed by atoms with Crippen molar-refractivity contribution in [3.05, 3.63) is 41.6 Å². The maximum Gasteiger partial charge on any atom is 0.128 e. The smallest absolute Gasteiger partial charge is 0.128 e. The Labute approximate surface area is 118 Å². The van der Waals surface area contributed by atoms with Crippen LogP contribution in [0.25, 0.3) is 0 Å². The summed E-state index contributed by atoms with van der Waals surface area (Å²) in [5.41, 5.74) is 8.67. The summed E-state index contributed by atoms with van der Waals surface area (Å²) in [5, 5.41) is 7.69. The van der Waals surface area contributed by atoms with Crippen molar-refractivity contribution in [2.75, 3.05) is 5.32 Å². The van der Waals surface area contributed by atoms with Gasteiger partial charge in [-0.2, -0.15) is 5.10 Å². The lowest BCUT2D eigenvalue weighted by Gasteiger charge is -2.16. The van der Waals surface area contributed by atoms with Crippen LogP contribution in [0.5, 0.6) is 0 Å². The maximum atomic E-state index is 5.78. The van der Waals surface area contributed by atoms with Crippen molar-refractivity contribution < 1.29 is 0 Å². The fourth-order valence-corrected chi connectivity index (χ4v) is 2.16. The largest absolute Gasteiger partial charge is 0.389 e. The summed E-state index contributed by atoms with van der Waals surface area (Å²) in [7, 11) is 0. The first kappa shape index (κ1) is 13.5. The number of aryl methyl sites for hydroxylation is 1. The second-order valence-corrected chi connectivity index (χ2v) is 5.18. The summed E-state index contributed by atoms with van der Waals surface area (Å²) in [5.74, 6) is 0.932. The Kier molecular flexibility index (Phi) is 3.85. The fraction of sp³-hybridized carbons (Fsp3) is 0.286. The highest BCUT2D eigenvalue weighted by atomic mass is 32.1. The van der Waals surface area contributed by atoms with Gasteiger partial charge in [0.2, 0.25) is 0 Å². The Balaban J connectivity index is 2.43. The van der Waals surface area contributed by atoms with Crippen LogP contribution in [0.4, 0.5) is 11.5 Å². The standard InChI is InChI=1S/C14H18N4S/c1-9(2)18-12(7-8-16-18)17-13-10(3)5-4-6-11(13)14(15)19/h4-9,17H,1-3H3,(H2,15,19). The third-order valence-electron chi connectivity index (χ3n) is 2.95. The van der Waals surface area contributed by atoms with E-state index in [0.717, 1.165) is 22.6 Å². The molecule has 4 nitrogen and oxygen atoms in total. The molecule has 5 heteroatoms. The summed E-state index contributed by atoms with van der Waals surface area (Å²) in [4.78, 5) is 0.391. The minimum Gasteiger partial charge on any atom is -0.389 e. The van der Waals surface area contributed by atoms with Gasteiger partial charge in [-0.25, -0.2) is 4.68 Å². The molecular formula is C14H18N4S. The van der Waals surface area contributed by atoms with Gasteiger partial charge < -0.3 is 11.1 Å². The number of benzene rings is 1. The van der Waals surface area contributed by atoms with E-state index in [1.54, 1.807) is 6.20 Å². The maximum absolute atomic E-state index is 5.78. The monoisotopic (exact) mass is 274 g/mol. The van der Waals surface area contributed by atoms with E-state index in [2.05, 4.69) is 24.3 Å². The number of hydrogen-bond acceptors (Lipinski definition) is 3. The van der Waals surface area contributed by atoms with Crippen molar-refractivity contribution >= 4 is 28.7 Å². The first-order valence-corrected chi connectivity index (χ1v) is 6.61. The number of thiocarbonyl (C=S) groups is 1. The van der Waals surface area contributed by atoms with Crippen molar-refractivity contribution in [3.8, 4) is 0 Å². The lowest BCUT2D eigenvalue weighted by Crippen LogP contribution is -2.14. The van der Waals surface area contributed by atoms with Crippen molar-refractivity contribution in [1.82, 2.24) is 9.78 Å². The molecule has 0 atom stereocenters. The van der Waals surface area contributed by atoms with Crippen LogP contribution < -0.4 is 11.1 Å². The van der Waals surface area contributed by atoms with E-state index < -0.39 is 0 Å². The zero-order chi connectivity index (χ0) is 14.0. The SMILES string of the molecule is Cc1cccc(C(N)=S)c1Nc1ccnn1C(C)C. The number of nitrogens with two attached hydrogens (primary N) is 1. The van der Waals surface area contributed by atoms with E-state index >= 15 is 0 Å². The third-order valence-corrected chi connectivity index (χ3v) is 3.17. The predicted molar refractivity (Wildman–Crippen MR) is 83.0 cm³/mol. The molecule has 0 fully saturated rings. The van der Waals surface area contributed by atoms with Gasteiger partial charge in [-0.15, -0.1) is 0 Å². The van der Waals surface area contributed by atoms with Crippen LogP contribution >= 0.6 is 12.2 Å². The molecule has 0 aliphatic carbocycles. The Morgan fingerprint density at radius 3 is 2.74 bits per heavy atom. The summed E-state index contributed by atoms with van der Waals surface area (Å²) in [6.07, 6.45) is 1.78. The zero-order valence-electron chi connectivity index (χ0n) is 11.3. The normalized spacial score (nSPS) is 10.7. The van der Waals surface area contributed by atoms with Gasteiger partial charge >= 0.3 is 0 Å². The number of nitrogens with one attached hydrogen (secondary N) is 1. The highest BCUT2D eigenvalue weighted by molar-refractivity contribution is 7.80. The number of hydrogen-bond donors (Lipinski definition) is 2. The molecule has 1 aromatic heterocycles. The number of rotatable bonds is 4. The van der Waals surface area contributed by atoms with Gasteiger partial charge in [0.25, 0.3) is 0 Å². The molecule has 1 aromatic carbocycles. The molecule has 0 unspecified atom stereocenters. The molecule has 0 bridgehead atoms. The molecule has 0 saturated heterocycles. The molecule has 0 aliphatic heterocycles. The Hall–Kier alpha value is -1.88. The summed E-state index contributed by atoms with van der Waals surface area (Å²) < 4.78 is 1.93. The van der Waals surface area contributed by atoms with E-state index in [9.17, 15) is 0 Å². The second-order valence-electron chi connectivity index (χ2n) is 4.74. The average molecular weight is 274 g/mol. The van der Waals surface area contributed by atoms with Crippen LogP contribution in [-0.2, 0) is 0 Å². The van der Waals surface area contributed by atoms with Crippen LogP contribution in [0.2, 0.25) is 0 Å². The van der Waals surface area contributed by atoms with Crippen molar-refractivity contribution in [1.29, 1.82) is 0 Å². The van der Waals surface area contributed by atoms with Crippen LogP contribution in [-0.4, -0.2) is 14.8 Å². The van der Waals surface area contributed by atoms with E-state index in [1.165, 1.54) is 0 Å². The number of aromatic nitrogens is 2. The van der Waals surface area contributed by atoms with Crippen LogP contribution in [0, 0.1) is 6.92 Å². The Morgan fingerprint density at radius 1 is 1.37 bits per heavy atom. The molecule has 100 valence electrons. The highest BCUT2D eigenvalue weighted by Crippen LogP contribution is 2.26. The molecule has 0 spiro atoms. The molecule has 1 heterocycles. The van der Waals surface area contributed by atoms with Gasteiger partial charge in [0.15, 0.2) is 0 Å². The molecule has 19 heavy (non-hydrogen) atoms. The van der Waals surface area contributed by atoms with E-state index in [0.29, 0.717) is 4.99 Å².